The Morgan fingerprint density at radius 2 is 1.79 bits per heavy atom. The Morgan fingerprint density at radius 1 is 1.17 bits per heavy atom. The Balaban J connectivity index is 1.99. The van der Waals surface area contributed by atoms with Crippen molar-refractivity contribution in [1.82, 2.24) is 4.90 Å². The van der Waals surface area contributed by atoms with Crippen LogP contribution in [0.25, 0.3) is 0 Å². The number of carbonyl (C=O) groups excluding carboxylic acids is 1. The molecule has 1 saturated heterocycles. The largest absolute Gasteiger partial charge is 0.481 e. The second-order valence-corrected chi connectivity index (χ2v) is 7.88. The van der Waals surface area contributed by atoms with Crippen molar-refractivity contribution in [3.8, 4) is 0 Å². The lowest BCUT2D eigenvalue weighted by atomic mass is 10.0. The number of ether oxygens (including phenoxy) is 1. The van der Waals surface area contributed by atoms with Gasteiger partial charge < -0.3 is 14.7 Å². The second kappa shape index (κ2) is 8.25. The van der Waals surface area contributed by atoms with Gasteiger partial charge in [-0.1, -0.05) is 30.3 Å². The number of aliphatic carboxylic acids is 1. The predicted octanol–water partition coefficient (Wildman–Crippen LogP) is 0.204. The number of hydrogen-bond donors (Lipinski definition) is 1. The van der Waals surface area contributed by atoms with E-state index in [4.69, 9.17) is 4.74 Å². The van der Waals surface area contributed by atoms with Crippen molar-refractivity contribution in [2.24, 2.45) is 5.92 Å². The van der Waals surface area contributed by atoms with Crippen LogP contribution in [-0.2, 0) is 30.6 Å². The number of hydrogen-bond acceptors (Lipinski definition) is 5. The Kier molecular flexibility index (Phi) is 6.33. The van der Waals surface area contributed by atoms with Crippen LogP contribution in [0.15, 0.2) is 30.3 Å². The first kappa shape index (κ1) is 18.4. The predicted molar refractivity (Wildman–Crippen MR) is 87.3 cm³/mol. The molecule has 0 bridgehead atoms. The molecule has 7 nitrogen and oxygen atoms in total. The summed E-state index contributed by atoms with van der Waals surface area (Å²) in [7, 11) is -3.81. The number of morpholine rings is 1. The number of benzene rings is 1. The van der Waals surface area contributed by atoms with Gasteiger partial charge in [0.15, 0.2) is 9.84 Å². The molecule has 1 N–H and O–H groups in total. The molecule has 1 fully saturated rings. The van der Waals surface area contributed by atoms with E-state index in [0.717, 1.165) is 5.56 Å². The van der Waals surface area contributed by atoms with Crippen LogP contribution in [0, 0.1) is 5.92 Å². The van der Waals surface area contributed by atoms with Crippen LogP contribution >= 0.6 is 0 Å². The van der Waals surface area contributed by atoms with Crippen molar-refractivity contribution >= 4 is 21.7 Å². The third-order valence-corrected chi connectivity index (χ3v) is 5.43. The van der Waals surface area contributed by atoms with Crippen molar-refractivity contribution in [3.05, 3.63) is 35.9 Å². The molecular formula is C16H21NO6S. The highest BCUT2D eigenvalue weighted by atomic mass is 32.2. The number of carbonyl (C=O) groups is 2. The summed E-state index contributed by atoms with van der Waals surface area (Å²) in [5.74, 6) is -3.96. The van der Waals surface area contributed by atoms with Crippen molar-refractivity contribution in [2.45, 2.75) is 6.42 Å². The van der Waals surface area contributed by atoms with Gasteiger partial charge in [-0.2, -0.15) is 0 Å². The highest BCUT2D eigenvalue weighted by Gasteiger charge is 2.29. The lowest BCUT2D eigenvalue weighted by Gasteiger charge is -2.26. The van der Waals surface area contributed by atoms with Gasteiger partial charge in [-0.05, 0) is 12.0 Å². The molecule has 0 aromatic heterocycles. The van der Waals surface area contributed by atoms with E-state index in [-0.39, 0.29) is 6.42 Å². The molecule has 0 aliphatic carbocycles. The number of rotatable bonds is 7. The molecular weight excluding hydrogens is 334 g/mol. The maximum Gasteiger partial charge on any atom is 0.307 e. The molecule has 1 heterocycles. The lowest BCUT2D eigenvalue weighted by Crippen LogP contribution is -2.44. The van der Waals surface area contributed by atoms with Crippen LogP contribution in [0.5, 0.6) is 0 Å². The lowest BCUT2D eigenvalue weighted by molar-refractivity contribution is -0.141. The van der Waals surface area contributed by atoms with Gasteiger partial charge in [-0.25, -0.2) is 8.42 Å². The smallest absolute Gasteiger partial charge is 0.307 e. The van der Waals surface area contributed by atoms with Crippen LogP contribution < -0.4 is 0 Å². The van der Waals surface area contributed by atoms with Gasteiger partial charge in [0.1, 0.15) is 5.75 Å². The third kappa shape index (κ3) is 5.61. The normalized spacial score (nSPS) is 16.6. The van der Waals surface area contributed by atoms with Gasteiger partial charge in [-0.15, -0.1) is 0 Å². The Bertz CT molecular complexity index is 667. The zero-order valence-corrected chi connectivity index (χ0v) is 14.1. The second-order valence-electron chi connectivity index (χ2n) is 5.77. The van der Waals surface area contributed by atoms with Gasteiger partial charge in [0.05, 0.1) is 24.9 Å². The first-order chi connectivity index (χ1) is 11.4. The molecule has 1 aromatic rings. The Hall–Kier alpha value is -1.93. The van der Waals surface area contributed by atoms with E-state index >= 15 is 0 Å². The first-order valence-corrected chi connectivity index (χ1v) is 9.52. The number of carboxylic acid groups (broad SMARTS) is 1. The average molecular weight is 355 g/mol. The molecule has 0 radical (unpaired) electrons. The summed E-state index contributed by atoms with van der Waals surface area (Å²) in [4.78, 5) is 24.9. The summed E-state index contributed by atoms with van der Waals surface area (Å²) in [6.45, 7) is 1.50. The molecule has 0 unspecified atom stereocenters. The van der Waals surface area contributed by atoms with Crippen molar-refractivity contribution < 1.29 is 27.9 Å². The molecule has 1 aromatic carbocycles. The molecule has 1 amide bonds. The zero-order valence-electron chi connectivity index (χ0n) is 13.3. The third-order valence-electron chi connectivity index (χ3n) is 3.84. The minimum absolute atomic E-state index is 0.112. The molecule has 24 heavy (non-hydrogen) atoms. The van der Waals surface area contributed by atoms with Gasteiger partial charge in [0, 0.05) is 13.1 Å². The standard InChI is InChI=1S/C16H21NO6S/c18-15(17-6-8-23-9-7-17)12-24(21,22)11-14(16(19)20)10-13-4-2-1-3-5-13/h1-5,14H,6-12H2,(H,19,20)/t14-/m1/s1. The van der Waals surface area contributed by atoms with Gasteiger partial charge in [-0.3, -0.25) is 9.59 Å². The maximum absolute atomic E-state index is 12.2. The Morgan fingerprint density at radius 3 is 2.38 bits per heavy atom. The van der Waals surface area contributed by atoms with E-state index in [2.05, 4.69) is 0 Å². The fourth-order valence-corrected chi connectivity index (χ4v) is 4.12. The van der Waals surface area contributed by atoms with Gasteiger partial charge >= 0.3 is 5.97 Å². The fourth-order valence-electron chi connectivity index (χ4n) is 2.57. The van der Waals surface area contributed by atoms with Crippen molar-refractivity contribution in [1.29, 1.82) is 0 Å². The van der Waals surface area contributed by atoms with Crippen LogP contribution in [0.2, 0.25) is 0 Å². The minimum Gasteiger partial charge on any atom is -0.481 e. The number of nitrogens with zero attached hydrogens (tertiary/aromatic N) is 1. The summed E-state index contributed by atoms with van der Waals surface area (Å²) in [5.41, 5.74) is 0.750. The van der Waals surface area contributed by atoms with E-state index in [1.54, 1.807) is 30.3 Å². The molecule has 8 heteroatoms. The summed E-state index contributed by atoms with van der Waals surface area (Å²) in [6.07, 6.45) is 0.112. The molecule has 1 aliphatic rings. The fraction of sp³-hybridized carbons (Fsp3) is 0.500. The molecule has 132 valence electrons. The monoisotopic (exact) mass is 355 g/mol. The maximum atomic E-state index is 12.2. The van der Waals surface area contributed by atoms with Crippen LogP contribution in [0.4, 0.5) is 0 Å². The van der Waals surface area contributed by atoms with Crippen LogP contribution in [-0.4, -0.2) is 68.1 Å². The van der Waals surface area contributed by atoms with Crippen LogP contribution in [0.1, 0.15) is 5.56 Å². The zero-order chi connectivity index (χ0) is 17.6. The van der Waals surface area contributed by atoms with E-state index in [0.29, 0.717) is 26.3 Å². The van der Waals surface area contributed by atoms with Gasteiger partial charge in [0.2, 0.25) is 5.91 Å². The molecule has 0 spiro atoms. The quantitative estimate of drug-likeness (QED) is 0.750. The minimum atomic E-state index is -3.81. The van der Waals surface area contributed by atoms with Crippen molar-refractivity contribution in [2.75, 3.05) is 37.8 Å². The molecule has 0 saturated carbocycles. The number of sulfone groups is 1. The average Bonchev–Trinajstić information content (AvgIpc) is 2.55. The molecule has 2 rings (SSSR count). The Labute approximate surface area is 141 Å². The molecule has 1 atom stereocenters. The topological polar surface area (TPSA) is 101 Å². The van der Waals surface area contributed by atoms with E-state index in [9.17, 15) is 23.1 Å². The number of amides is 1. The molecule has 1 aliphatic heterocycles. The van der Waals surface area contributed by atoms with E-state index < -0.39 is 39.1 Å². The summed E-state index contributed by atoms with van der Waals surface area (Å²) < 4.78 is 29.6. The summed E-state index contributed by atoms with van der Waals surface area (Å²) in [5, 5.41) is 9.30. The summed E-state index contributed by atoms with van der Waals surface area (Å²) in [6, 6.07) is 8.84. The number of carboxylic acids is 1. The first-order valence-electron chi connectivity index (χ1n) is 7.70. The van der Waals surface area contributed by atoms with Crippen molar-refractivity contribution in [3.63, 3.8) is 0 Å². The SMILES string of the molecule is O=C(O)[C@H](Cc1ccccc1)CS(=O)(=O)CC(=O)N1CCOCC1. The highest BCUT2D eigenvalue weighted by Crippen LogP contribution is 2.13. The van der Waals surface area contributed by atoms with Gasteiger partial charge in [0.25, 0.3) is 0 Å². The summed E-state index contributed by atoms with van der Waals surface area (Å²) >= 11 is 0. The van der Waals surface area contributed by atoms with E-state index in [1.807, 2.05) is 0 Å². The highest BCUT2D eigenvalue weighted by molar-refractivity contribution is 7.92. The van der Waals surface area contributed by atoms with E-state index in [1.165, 1.54) is 4.90 Å². The van der Waals surface area contributed by atoms with Crippen LogP contribution in [0.3, 0.4) is 0 Å².